The minimum absolute atomic E-state index is 0.264. The molecule has 4 N–H and O–H groups in total. The number of anilines is 1. The van der Waals surface area contributed by atoms with Crippen molar-refractivity contribution in [1.29, 1.82) is 0 Å². The van der Waals surface area contributed by atoms with Gasteiger partial charge in [-0.3, -0.25) is 9.98 Å². The summed E-state index contributed by atoms with van der Waals surface area (Å²) in [6.07, 6.45) is 10.1. The molecule has 5 aliphatic rings. The zero-order valence-corrected chi connectivity index (χ0v) is 27.7. The third-order valence-electron chi connectivity index (χ3n) is 11.8. The fourth-order valence-electron chi connectivity index (χ4n) is 9.33. The first-order valence-electron chi connectivity index (χ1n) is 17.9. The fraction of sp³-hybridized carbons (Fsp3) is 0.500. The molecule has 1 spiro atoms. The molecule has 3 heterocycles. The third kappa shape index (κ3) is 5.47. The molecule has 3 aromatic carbocycles. The average Bonchev–Trinajstić information content (AvgIpc) is 3.93. The Balaban J connectivity index is 1.08. The molecule has 0 amide bonds. The first kappa shape index (κ1) is 29.9. The topological polar surface area (TPSA) is 72.8 Å². The number of fused-ring (bicyclic) bond motifs is 2. The van der Waals surface area contributed by atoms with Crippen molar-refractivity contribution >= 4 is 23.9 Å². The Morgan fingerprint density at radius 3 is 2.37 bits per heavy atom. The summed E-state index contributed by atoms with van der Waals surface area (Å²) in [5, 5.41) is 14.8. The largest absolute Gasteiger partial charge is 0.382 e. The Kier molecular flexibility index (Phi) is 7.98. The molecule has 0 aromatic heterocycles. The number of rotatable bonds is 8. The molecule has 5 unspecified atom stereocenters. The van der Waals surface area contributed by atoms with Crippen molar-refractivity contribution in [3.8, 4) is 22.3 Å². The number of nitrogens with zero attached hydrogens (tertiary/aromatic N) is 2. The molecule has 46 heavy (non-hydrogen) atoms. The van der Waals surface area contributed by atoms with Crippen molar-refractivity contribution in [1.82, 2.24) is 16.0 Å². The van der Waals surface area contributed by atoms with Gasteiger partial charge in [-0.1, -0.05) is 69.2 Å². The molecule has 3 aromatic rings. The van der Waals surface area contributed by atoms with Crippen molar-refractivity contribution < 1.29 is 0 Å². The molecule has 3 aliphatic heterocycles. The van der Waals surface area contributed by atoms with E-state index in [1.807, 2.05) is 0 Å². The molecule has 3 fully saturated rings. The van der Waals surface area contributed by atoms with E-state index in [2.05, 4.69) is 101 Å². The maximum Gasteiger partial charge on any atom is 0.114 e. The summed E-state index contributed by atoms with van der Waals surface area (Å²) in [6.45, 7) is 12.4. The van der Waals surface area contributed by atoms with Gasteiger partial charge in [0.25, 0.3) is 0 Å². The van der Waals surface area contributed by atoms with Crippen LogP contribution in [0.4, 0.5) is 11.4 Å². The van der Waals surface area contributed by atoms with Crippen LogP contribution in [0.25, 0.3) is 22.3 Å². The van der Waals surface area contributed by atoms with Crippen LogP contribution >= 0.6 is 0 Å². The van der Waals surface area contributed by atoms with E-state index in [1.54, 1.807) is 11.1 Å². The number of aliphatic imine (C=N–C) groups is 2. The zero-order valence-electron chi connectivity index (χ0n) is 27.7. The van der Waals surface area contributed by atoms with Crippen molar-refractivity contribution in [2.75, 3.05) is 31.5 Å². The molecular weight excluding hydrogens is 564 g/mol. The van der Waals surface area contributed by atoms with Crippen molar-refractivity contribution in [2.24, 2.45) is 21.8 Å². The molecule has 8 rings (SSSR count). The highest BCUT2D eigenvalue weighted by Crippen LogP contribution is 2.55. The van der Waals surface area contributed by atoms with Crippen LogP contribution in [0.3, 0.4) is 0 Å². The fourth-order valence-corrected chi connectivity index (χ4v) is 9.33. The molecule has 6 heteroatoms. The van der Waals surface area contributed by atoms with Gasteiger partial charge >= 0.3 is 0 Å². The minimum Gasteiger partial charge on any atom is -0.382 e. The van der Waals surface area contributed by atoms with E-state index in [9.17, 15) is 0 Å². The van der Waals surface area contributed by atoms with E-state index >= 15 is 0 Å². The number of benzene rings is 3. The summed E-state index contributed by atoms with van der Waals surface area (Å²) in [5.41, 5.74) is 12.3. The van der Waals surface area contributed by atoms with Crippen LogP contribution in [-0.4, -0.2) is 50.8 Å². The Labute approximate surface area is 275 Å². The van der Waals surface area contributed by atoms with E-state index in [0.717, 1.165) is 61.6 Å². The second-order valence-electron chi connectivity index (χ2n) is 15.1. The summed E-state index contributed by atoms with van der Waals surface area (Å²) < 4.78 is 0. The van der Waals surface area contributed by atoms with Crippen LogP contribution in [0.15, 0.2) is 64.6 Å². The highest BCUT2D eigenvalue weighted by molar-refractivity contribution is 5.90. The third-order valence-corrected chi connectivity index (χ3v) is 11.8. The van der Waals surface area contributed by atoms with Gasteiger partial charge in [0.15, 0.2) is 0 Å². The van der Waals surface area contributed by atoms with E-state index in [0.29, 0.717) is 17.5 Å². The number of hydrogen-bond donors (Lipinski definition) is 4. The van der Waals surface area contributed by atoms with Crippen LogP contribution < -0.4 is 21.3 Å². The number of amidine groups is 1. The van der Waals surface area contributed by atoms with Gasteiger partial charge in [-0.15, -0.1) is 0 Å². The van der Waals surface area contributed by atoms with Gasteiger partial charge in [0.1, 0.15) is 5.84 Å². The van der Waals surface area contributed by atoms with Crippen molar-refractivity contribution in [3.63, 3.8) is 0 Å². The maximum absolute atomic E-state index is 4.90. The minimum atomic E-state index is 0.264. The Hall–Kier alpha value is -3.48. The molecule has 2 aliphatic carbocycles. The molecule has 0 radical (unpaired) electrons. The van der Waals surface area contributed by atoms with Gasteiger partial charge in [-0.2, -0.15) is 0 Å². The van der Waals surface area contributed by atoms with E-state index in [1.165, 1.54) is 72.8 Å². The van der Waals surface area contributed by atoms with Crippen LogP contribution in [0, 0.1) is 11.8 Å². The lowest BCUT2D eigenvalue weighted by atomic mass is 9.76. The van der Waals surface area contributed by atoms with E-state index in [4.69, 9.17) is 4.99 Å². The summed E-state index contributed by atoms with van der Waals surface area (Å²) in [4.78, 5) is 9.27. The van der Waals surface area contributed by atoms with Crippen LogP contribution in [0.1, 0.15) is 81.5 Å². The molecule has 240 valence electrons. The monoisotopic (exact) mass is 614 g/mol. The first-order chi connectivity index (χ1) is 22.5. The van der Waals surface area contributed by atoms with Crippen LogP contribution in [0.2, 0.25) is 0 Å². The van der Waals surface area contributed by atoms with E-state index < -0.39 is 0 Å². The maximum atomic E-state index is 4.90. The Morgan fingerprint density at radius 2 is 1.63 bits per heavy atom. The van der Waals surface area contributed by atoms with Gasteiger partial charge in [0, 0.05) is 12.6 Å². The van der Waals surface area contributed by atoms with Gasteiger partial charge in [-0.05, 0) is 127 Å². The summed E-state index contributed by atoms with van der Waals surface area (Å²) in [6, 6.07) is 22.1. The highest BCUT2D eigenvalue weighted by atomic mass is 15.2. The second-order valence-corrected chi connectivity index (χ2v) is 15.1. The lowest BCUT2D eigenvalue weighted by Crippen LogP contribution is -2.38. The van der Waals surface area contributed by atoms with E-state index in [-0.39, 0.29) is 6.04 Å². The molecular formula is C40H50N6. The standard InChI is InChI=1S/C40H50N6/c1-25-18-30(42-21-25)23-44-35-20-29(10-13-34(35)41-3)31-11-12-32(38-33(31)14-17-40(38)15-4-5-16-40)27-6-8-28(9-7-27)37-24-45-39(46-37)36-19-26(2)22-43-36/h6-13,20,25-26,30,36-37,42-44H,3-5,14-19,21-24H2,1-2H3,(H,45,46). The molecule has 5 atom stereocenters. The van der Waals surface area contributed by atoms with Gasteiger partial charge in [0.05, 0.1) is 30.0 Å². The predicted molar refractivity (Wildman–Crippen MR) is 193 cm³/mol. The molecule has 0 bridgehead atoms. The second kappa shape index (κ2) is 12.3. The molecule has 1 saturated carbocycles. The summed E-state index contributed by atoms with van der Waals surface area (Å²) in [7, 11) is 0. The summed E-state index contributed by atoms with van der Waals surface area (Å²) in [5.74, 6) is 2.60. The lowest BCUT2D eigenvalue weighted by Gasteiger charge is -2.28. The zero-order chi connectivity index (χ0) is 31.3. The van der Waals surface area contributed by atoms with Crippen LogP contribution in [-0.2, 0) is 11.8 Å². The van der Waals surface area contributed by atoms with Crippen LogP contribution in [0.5, 0.6) is 0 Å². The SMILES string of the molecule is C=Nc1ccc(-c2ccc(-c3ccc(C4CN=C(C5CC(C)CN5)N4)cc3)c3c2CCC32CCCC2)cc1NCC1CC(C)CN1. The lowest BCUT2D eigenvalue weighted by molar-refractivity contribution is 0.440. The van der Waals surface area contributed by atoms with Crippen molar-refractivity contribution in [3.05, 3.63) is 71.3 Å². The van der Waals surface area contributed by atoms with Gasteiger partial charge < -0.3 is 21.3 Å². The van der Waals surface area contributed by atoms with Crippen molar-refractivity contribution in [2.45, 2.75) is 88.8 Å². The quantitative estimate of drug-likeness (QED) is 0.198. The first-order valence-corrected chi connectivity index (χ1v) is 17.9. The smallest absolute Gasteiger partial charge is 0.114 e. The number of hydrogen-bond acceptors (Lipinski definition) is 6. The van der Waals surface area contributed by atoms with Gasteiger partial charge in [-0.25, -0.2) is 0 Å². The normalized spacial score (nSPS) is 28.0. The Morgan fingerprint density at radius 1 is 0.870 bits per heavy atom. The highest BCUT2D eigenvalue weighted by Gasteiger charge is 2.43. The molecule has 6 nitrogen and oxygen atoms in total. The van der Waals surface area contributed by atoms with Gasteiger partial charge in [0.2, 0.25) is 0 Å². The molecule has 2 saturated heterocycles. The summed E-state index contributed by atoms with van der Waals surface area (Å²) >= 11 is 0. The Bertz CT molecular complexity index is 1630. The average molecular weight is 615 g/mol. The predicted octanol–water partition coefficient (Wildman–Crippen LogP) is 7.56. The number of nitrogens with one attached hydrogen (secondary N) is 4.